The summed E-state index contributed by atoms with van der Waals surface area (Å²) in [6.07, 6.45) is -3.47. The zero-order valence-electron chi connectivity index (χ0n) is 19.3. The average Bonchev–Trinajstić information content (AvgIpc) is 3.10. The highest BCUT2D eigenvalue weighted by Crippen LogP contribution is 2.37. The summed E-state index contributed by atoms with van der Waals surface area (Å²) >= 11 is 0. The van der Waals surface area contributed by atoms with E-state index < -0.39 is 35.5 Å². The van der Waals surface area contributed by atoms with Crippen molar-refractivity contribution in [2.75, 3.05) is 11.9 Å². The fourth-order valence-corrected chi connectivity index (χ4v) is 3.96. The molecule has 0 radical (unpaired) electrons. The van der Waals surface area contributed by atoms with Gasteiger partial charge in [-0.15, -0.1) is 13.2 Å². The Kier molecular flexibility index (Phi) is 6.55. The smallest absolute Gasteiger partial charge is 0.486 e. The van der Waals surface area contributed by atoms with Crippen molar-refractivity contribution in [2.45, 2.75) is 31.7 Å². The molecule has 0 aromatic heterocycles. The summed E-state index contributed by atoms with van der Waals surface area (Å²) in [6, 6.07) is 9.37. The van der Waals surface area contributed by atoms with E-state index in [1.807, 2.05) is 0 Å². The number of anilines is 1. The van der Waals surface area contributed by atoms with E-state index in [1.54, 1.807) is 0 Å². The SMILES string of the molecule is C[C@]1(N2C(=O)c3cccc(OC/C(N)=C/Nc4ccc(OC(F)(F)F)cc4)c3C2=O)CCC(=O)NC1=O. The Morgan fingerprint density at radius 1 is 1.14 bits per heavy atom. The lowest BCUT2D eigenvalue weighted by Gasteiger charge is -2.38. The fourth-order valence-electron chi connectivity index (χ4n) is 3.96. The van der Waals surface area contributed by atoms with Gasteiger partial charge in [0.15, 0.2) is 0 Å². The number of piperidine rings is 1. The van der Waals surface area contributed by atoms with Crippen LogP contribution in [0, 0.1) is 0 Å². The number of hydrogen-bond acceptors (Lipinski definition) is 8. The number of imide groups is 2. The summed E-state index contributed by atoms with van der Waals surface area (Å²) in [5.41, 5.74) is 5.01. The molecule has 194 valence electrons. The molecule has 2 heterocycles. The number of hydrogen-bond donors (Lipinski definition) is 3. The largest absolute Gasteiger partial charge is 0.573 e. The first-order valence-electron chi connectivity index (χ1n) is 10.9. The Bertz CT molecular complexity index is 1310. The molecule has 4 N–H and O–H groups in total. The van der Waals surface area contributed by atoms with E-state index in [4.69, 9.17) is 10.5 Å². The monoisotopic (exact) mass is 518 g/mol. The number of benzene rings is 2. The van der Waals surface area contributed by atoms with Crippen molar-refractivity contribution in [3.8, 4) is 11.5 Å². The van der Waals surface area contributed by atoms with E-state index in [9.17, 15) is 32.3 Å². The molecule has 2 aliphatic heterocycles. The first-order chi connectivity index (χ1) is 17.4. The lowest BCUT2D eigenvalue weighted by molar-refractivity contribution is -0.274. The van der Waals surface area contributed by atoms with Crippen LogP contribution in [0.3, 0.4) is 0 Å². The molecule has 2 aromatic carbocycles. The third-order valence-corrected chi connectivity index (χ3v) is 5.86. The van der Waals surface area contributed by atoms with Gasteiger partial charge in [-0.05, 0) is 49.7 Å². The molecule has 4 amide bonds. The lowest BCUT2D eigenvalue weighted by atomic mass is 9.89. The molecule has 0 unspecified atom stereocenters. The van der Waals surface area contributed by atoms with Crippen molar-refractivity contribution in [3.05, 3.63) is 65.5 Å². The fraction of sp³-hybridized carbons (Fsp3) is 0.250. The van der Waals surface area contributed by atoms with E-state index in [-0.39, 0.29) is 47.8 Å². The topological polar surface area (TPSA) is 140 Å². The Labute approximate surface area is 208 Å². The molecule has 2 aliphatic rings. The van der Waals surface area contributed by atoms with Crippen LogP contribution in [-0.4, -0.2) is 47.0 Å². The second-order valence-corrected chi connectivity index (χ2v) is 8.50. The minimum Gasteiger partial charge on any atom is -0.486 e. The zero-order valence-corrected chi connectivity index (χ0v) is 19.3. The molecule has 4 rings (SSSR count). The molecular weight excluding hydrogens is 497 g/mol. The molecule has 2 aromatic rings. The summed E-state index contributed by atoms with van der Waals surface area (Å²) in [4.78, 5) is 51.2. The Morgan fingerprint density at radius 3 is 2.49 bits per heavy atom. The normalized spacial score (nSPS) is 20.0. The number of ether oxygens (including phenoxy) is 2. The van der Waals surface area contributed by atoms with Gasteiger partial charge in [0.05, 0.1) is 16.8 Å². The van der Waals surface area contributed by atoms with Gasteiger partial charge in [-0.2, -0.15) is 0 Å². The third kappa shape index (κ3) is 5.20. The molecule has 0 spiro atoms. The molecule has 1 fully saturated rings. The van der Waals surface area contributed by atoms with Crippen molar-refractivity contribution in [3.63, 3.8) is 0 Å². The van der Waals surface area contributed by atoms with Gasteiger partial charge in [-0.25, -0.2) is 0 Å². The summed E-state index contributed by atoms with van der Waals surface area (Å²) < 4.78 is 46.3. The molecule has 10 nitrogen and oxygen atoms in total. The molecule has 0 saturated carbocycles. The highest BCUT2D eigenvalue weighted by Gasteiger charge is 2.53. The number of fused-ring (bicyclic) bond motifs is 1. The van der Waals surface area contributed by atoms with Crippen LogP contribution in [0.5, 0.6) is 11.5 Å². The van der Waals surface area contributed by atoms with E-state index in [1.165, 1.54) is 43.5 Å². The number of nitrogens with zero attached hydrogens (tertiary/aromatic N) is 1. The summed E-state index contributed by atoms with van der Waals surface area (Å²) in [6.45, 7) is 1.22. The number of amides is 4. The summed E-state index contributed by atoms with van der Waals surface area (Å²) in [5.74, 6) is -2.94. The summed E-state index contributed by atoms with van der Waals surface area (Å²) in [5, 5.41) is 4.96. The predicted octanol–water partition coefficient (Wildman–Crippen LogP) is 2.67. The van der Waals surface area contributed by atoms with E-state index in [0.29, 0.717) is 5.69 Å². The highest BCUT2D eigenvalue weighted by atomic mass is 19.4. The van der Waals surface area contributed by atoms with Gasteiger partial charge in [0, 0.05) is 18.3 Å². The molecule has 1 saturated heterocycles. The number of carbonyl (C=O) groups is 4. The standard InChI is InChI=1S/C24H21F3N4O6/c1-23(10-9-18(32)30-22(23)35)31-20(33)16-3-2-4-17(19(16)21(31)34)36-12-13(28)11-29-14-5-7-15(8-6-14)37-24(25,26)27/h2-8,11,29H,9-10,12,28H2,1H3,(H,30,32,35)/b13-11-/t23-/m0/s1. The maximum absolute atomic E-state index is 13.3. The number of rotatable bonds is 7. The lowest BCUT2D eigenvalue weighted by Crippen LogP contribution is -2.62. The van der Waals surface area contributed by atoms with Gasteiger partial charge in [-0.3, -0.25) is 29.4 Å². The maximum Gasteiger partial charge on any atom is 0.573 e. The van der Waals surface area contributed by atoms with Gasteiger partial charge in [0.2, 0.25) is 5.91 Å². The first kappa shape index (κ1) is 25.5. The highest BCUT2D eigenvalue weighted by molar-refractivity contribution is 6.25. The molecule has 37 heavy (non-hydrogen) atoms. The van der Waals surface area contributed by atoms with Crippen molar-refractivity contribution >= 4 is 29.3 Å². The van der Waals surface area contributed by atoms with Crippen LogP contribution in [0.4, 0.5) is 18.9 Å². The van der Waals surface area contributed by atoms with Crippen LogP contribution in [0.25, 0.3) is 0 Å². The van der Waals surface area contributed by atoms with Gasteiger partial charge in [0.25, 0.3) is 17.7 Å². The molecule has 0 aliphatic carbocycles. The van der Waals surface area contributed by atoms with Gasteiger partial charge in [0.1, 0.15) is 23.6 Å². The Hall–Kier alpha value is -4.55. The minimum atomic E-state index is -4.79. The van der Waals surface area contributed by atoms with Crippen molar-refractivity contribution in [1.29, 1.82) is 0 Å². The maximum atomic E-state index is 13.3. The van der Waals surface area contributed by atoms with E-state index in [2.05, 4.69) is 15.4 Å². The molecule has 0 bridgehead atoms. The van der Waals surface area contributed by atoms with Crippen molar-refractivity contribution in [1.82, 2.24) is 10.2 Å². The van der Waals surface area contributed by atoms with E-state index >= 15 is 0 Å². The molecule has 13 heteroatoms. The van der Waals surface area contributed by atoms with Gasteiger partial charge < -0.3 is 20.5 Å². The van der Waals surface area contributed by atoms with Crippen molar-refractivity contribution < 1.29 is 41.8 Å². The summed E-state index contributed by atoms with van der Waals surface area (Å²) in [7, 11) is 0. The van der Waals surface area contributed by atoms with Crippen LogP contribution in [0.15, 0.2) is 54.4 Å². The van der Waals surface area contributed by atoms with Gasteiger partial charge in [-0.1, -0.05) is 6.07 Å². The Balaban J connectivity index is 1.44. The number of nitrogens with two attached hydrogens (primary N) is 1. The van der Waals surface area contributed by atoms with Crippen molar-refractivity contribution in [2.24, 2.45) is 5.73 Å². The van der Waals surface area contributed by atoms with E-state index in [0.717, 1.165) is 17.0 Å². The third-order valence-electron chi connectivity index (χ3n) is 5.86. The van der Waals surface area contributed by atoms with Crippen LogP contribution >= 0.6 is 0 Å². The van der Waals surface area contributed by atoms with Crippen LogP contribution in [-0.2, 0) is 9.59 Å². The number of alkyl halides is 3. The average molecular weight is 518 g/mol. The number of carbonyl (C=O) groups excluding carboxylic acids is 4. The van der Waals surface area contributed by atoms with Gasteiger partial charge >= 0.3 is 6.36 Å². The zero-order chi connectivity index (χ0) is 27.0. The van der Waals surface area contributed by atoms with Crippen LogP contribution in [0.1, 0.15) is 40.5 Å². The van der Waals surface area contributed by atoms with Crippen LogP contribution < -0.4 is 25.8 Å². The second-order valence-electron chi connectivity index (χ2n) is 8.50. The second kappa shape index (κ2) is 9.48. The Morgan fingerprint density at radius 2 is 1.84 bits per heavy atom. The minimum absolute atomic E-state index is 0.00993. The molecule has 1 atom stereocenters. The number of halogens is 3. The first-order valence-corrected chi connectivity index (χ1v) is 10.9. The molecular formula is C24H21F3N4O6. The van der Waals surface area contributed by atoms with Crippen LogP contribution in [0.2, 0.25) is 0 Å². The predicted molar refractivity (Wildman–Crippen MR) is 122 cm³/mol. The number of nitrogens with one attached hydrogen (secondary N) is 2. The quantitative estimate of drug-likeness (QED) is 0.476.